The van der Waals surface area contributed by atoms with Crippen molar-refractivity contribution >= 4 is 60.6 Å². The van der Waals surface area contributed by atoms with E-state index in [4.69, 9.17) is 10.5 Å². The molecule has 3 aliphatic rings. The van der Waals surface area contributed by atoms with Crippen LogP contribution in [0.4, 0.5) is 37.2 Å². The first-order valence-electron chi connectivity index (χ1n) is 17.3. The van der Waals surface area contributed by atoms with Gasteiger partial charge in [-0.25, -0.2) is 13.2 Å². The van der Waals surface area contributed by atoms with E-state index in [-0.39, 0.29) is 87.7 Å². The fourth-order valence-corrected chi connectivity index (χ4v) is 9.82. The number of likely N-dealkylation sites (tertiary alicyclic amines) is 1. The van der Waals surface area contributed by atoms with Crippen molar-refractivity contribution in [2.24, 2.45) is 0 Å². The maximum absolute atomic E-state index is 17.3. The number of hydrogen-bond acceptors (Lipinski definition) is 11. The van der Waals surface area contributed by atoms with Crippen molar-refractivity contribution in [2.75, 3.05) is 50.0 Å². The fraction of sp³-hybridized carbons (Fsp3) is 0.417. The Morgan fingerprint density at radius 3 is 2.74 bits per heavy atom. The van der Waals surface area contributed by atoms with Gasteiger partial charge in [0.25, 0.3) is 5.91 Å². The summed E-state index contributed by atoms with van der Waals surface area (Å²) < 4.78 is 102. The number of carbonyl (C=O) groups excluding carboxylic acids is 1. The SMILES string of the molecule is CCN(c1nc(OCC23CCCN2CC(F)C3)nc2c(F)c(-c3ccc(F)c4sc(N)c(C#N)c34)c(C(F)(F)F)cc12)C1CCN(C(=O)c2ccsn2)C1. The van der Waals surface area contributed by atoms with Crippen molar-refractivity contribution in [3.05, 3.63) is 58.1 Å². The Morgan fingerprint density at radius 1 is 1.20 bits per heavy atom. The summed E-state index contributed by atoms with van der Waals surface area (Å²) in [6, 6.07) is 5.35. The molecular formula is C36H32F6N8O2S2. The fourth-order valence-electron chi connectivity index (χ4n) is 8.36. The molecule has 3 fully saturated rings. The summed E-state index contributed by atoms with van der Waals surface area (Å²) in [7, 11) is 0. The number of anilines is 2. The quantitative estimate of drug-likeness (QED) is 0.160. The minimum absolute atomic E-state index is 0.0305. The van der Waals surface area contributed by atoms with Crippen molar-refractivity contribution in [1.29, 1.82) is 5.26 Å². The molecule has 8 rings (SSSR count). The number of aromatic nitrogens is 3. The standard InChI is InChI=1S/C36H32F6N8O2S2/c1-2-50(19-6-10-48(16-19)33(51)25-7-11-53-47-25)32-21-12-23(36(40,41)42)27(20-4-5-24(38)30-26(20)22(14-43)31(44)54-30)28(39)29(21)45-34(46-32)52-17-35-8-3-9-49(35)15-18(37)13-35/h4-5,7,11-12,18-19H,2-3,6,8-10,13,15-17,44H2,1H3. The number of likely N-dealkylation sites (N-methyl/N-ethyl adjacent to an activating group) is 1. The number of nitrogen functional groups attached to an aromatic ring is 1. The Labute approximate surface area is 312 Å². The van der Waals surface area contributed by atoms with E-state index in [1.54, 1.807) is 28.2 Å². The molecule has 0 radical (unpaired) electrons. The van der Waals surface area contributed by atoms with Gasteiger partial charge in [0.15, 0.2) is 5.82 Å². The average molecular weight is 787 g/mol. The van der Waals surface area contributed by atoms with Crippen molar-refractivity contribution in [1.82, 2.24) is 24.1 Å². The Bertz CT molecular complexity index is 2330. The molecule has 0 spiro atoms. The van der Waals surface area contributed by atoms with Gasteiger partial charge < -0.3 is 20.3 Å². The second kappa shape index (κ2) is 13.5. The number of amides is 1. The third-order valence-corrected chi connectivity index (χ3v) is 12.4. The van der Waals surface area contributed by atoms with E-state index in [1.807, 2.05) is 11.0 Å². The highest BCUT2D eigenvalue weighted by Gasteiger charge is 2.49. The molecule has 2 N–H and O–H groups in total. The van der Waals surface area contributed by atoms with E-state index in [0.29, 0.717) is 37.3 Å². The van der Waals surface area contributed by atoms with E-state index in [2.05, 4.69) is 14.3 Å². The summed E-state index contributed by atoms with van der Waals surface area (Å²) in [6.45, 7) is 3.40. The first-order valence-corrected chi connectivity index (χ1v) is 19.0. The Kier molecular flexibility index (Phi) is 9.09. The maximum Gasteiger partial charge on any atom is 0.417 e. The normalized spacial score (nSPS) is 21.6. The van der Waals surface area contributed by atoms with Gasteiger partial charge in [-0.2, -0.15) is 32.8 Å². The first-order chi connectivity index (χ1) is 25.8. The molecule has 0 bridgehead atoms. The van der Waals surface area contributed by atoms with Crippen molar-refractivity contribution in [2.45, 2.75) is 56.5 Å². The number of benzene rings is 2. The summed E-state index contributed by atoms with van der Waals surface area (Å²) in [5, 5.41) is 10.9. The van der Waals surface area contributed by atoms with Gasteiger partial charge in [-0.3, -0.25) is 9.69 Å². The number of halogens is 6. The summed E-state index contributed by atoms with van der Waals surface area (Å²) in [6.07, 6.45) is -4.07. The molecule has 5 aromatic rings. The van der Waals surface area contributed by atoms with Crippen LogP contribution in [-0.4, -0.2) is 87.1 Å². The van der Waals surface area contributed by atoms with E-state index < -0.39 is 52.2 Å². The summed E-state index contributed by atoms with van der Waals surface area (Å²) in [5.41, 5.74) is 2.13. The molecule has 282 valence electrons. The number of hydrogen-bond donors (Lipinski definition) is 1. The molecule has 1 amide bonds. The van der Waals surface area contributed by atoms with Crippen molar-refractivity contribution in [3.8, 4) is 23.2 Å². The highest BCUT2D eigenvalue weighted by atomic mass is 32.1. The van der Waals surface area contributed by atoms with Crippen LogP contribution in [0.15, 0.2) is 29.6 Å². The minimum atomic E-state index is -5.14. The number of nitrogens with zero attached hydrogens (tertiary/aromatic N) is 7. The summed E-state index contributed by atoms with van der Waals surface area (Å²) >= 11 is 1.81. The second-order valence-electron chi connectivity index (χ2n) is 13.8. The van der Waals surface area contributed by atoms with Crippen molar-refractivity contribution < 1.29 is 35.9 Å². The number of fused-ring (bicyclic) bond motifs is 3. The largest absolute Gasteiger partial charge is 0.461 e. The molecule has 18 heteroatoms. The lowest BCUT2D eigenvalue weighted by Crippen LogP contribution is -2.43. The molecule has 0 saturated carbocycles. The molecular weight excluding hydrogens is 755 g/mol. The number of alkyl halides is 4. The highest BCUT2D eigenvalue weighted by molar-refractivity contribution is 7.23. The van der Waals surface area contributed by atoms with Gasteiger partial charge in [-0.1, -0.05) is 6.07 Å². The molecule has 3 atom stereocenters. The van der Waals surface area contributed by atoms with Crippen molar-refractivity contribution in [3.63, 3.8) is 0 Å². The van der Waals surface area contributed by atoms with Crippen LogP contribution >= 0.6 is 22.9 Å². The minimum Gasteiger partial charge on any atom is -0.461 e. The maximum atomic E-state index is 17.3. The predicted octanol–water partition coefficient (Wildman–Crippen LogP) is 7.42. The number of nitriles is 1. The van der Waals surface area contributed by atoms with Crippen LogP contribution in [0.3, 0.4) is 0 Å². The van der Waals surface area contributed by atoms with Crippen LogP contribution in [0.25, 0.3) is 32.1 Å². The molecule has 2 aromatic carbocycles. The highest BCUT2D eigenvalue weighted by Crippen LogP contribution is 2.48. The molecule has 0 aliphatic carbocycles. The third kappa shape index (κ3) is 5.96. The number of rotatable bonds is 8. The van der Waals surface area contributed by atoms with Crippen LogP contribution in [0.5, 0.6) is 6.01 Å². The molecule has 3 unspecified atom stereocenters. The van der Waals surface area contributed by atoms with E-state index in [0.717, 1.165) is 36.2 Å². The molecule has 3 aromatic heterocycles. The monoisotopic (exact) mass is 786 g/mol. The van der Waals surface area contributed by atoms with Gasteiger partial charge in [0.2, 0.25) is 0 Å². The molecule has 10 nitrogen and oxygen atoms in total. The van der Waals surface area contributed by atoms with Gasteiger partial charge in [-0.15, -0.1) is 11.3 Å². The Hall–Kier alpha value is -4.73. The van der Waals surface area contributed by atoms with Crippen LogP contribution in [0, 0.1) is 23.0 Å². The lowest BCUT2D eigenvalue weighted by atomic mass is 9.92. The van der Waals surface area contributed by atoms with Crippen LogP contribution in [0.1, 0.15) is 54.2 Å². The first kappa shape index (κ1) is 36.3. The van der Waals surface area contributed by atoms with Gasteiger partial charge in [-0.05, 0) is 68.0 Å². The lowest BCUT2D eigenvalue weighted by molar-refractivity contribution is -0.137. The number of thiophene rings is 1. The number of carbonyl (C=O) groups is 1. The van der Waals surface area contributed by atoms with Crippen LogP contribution in [-0.2, 0) is 6.18 Å². The van der Waals surface area contributed by atoms with Crippen LogP contribution < -0.4 is 15.4 Å². The zero-order valence-corrected chi connectivity index (χ0v) is 30.4. The van der Waals surface area contributed by atoms with Gasteiger partial charge in [0.1, 0.15) is 46.7 Å². The average Bonchev–Trinajstić information content (AvgIpc) is 3.97. The topological polar surface area (TPSA) is 125 Å². The smallest absolute Gasteiger partial charge is 0.417 e. The Balaban J connectivity index is 1.31. The van der Waals surface area contributed by atoms with E-state index in [9.17, 15) is 14.4 Å². The van der Waals surface area contributed by atoms with Gasteiger partial charge in [0.05, 0.1) is 21.4 Å². The third-order valence-electron chi connectivity index (χ3n) is 10.8. The number of nitrogens with two attached hydrogens (primary N) is 1. The predicted molar refractivity (Wildman–Crippen MR) is 192 cm³/mol. The number of ether oxygens (including phenoxy) is 1. The van der Waals surface area contributed by atoms with Crippen LogP contribution in [0.2, 0.25) is 0 Å². The summed E-state index contributed by atoms with van der Waals surface area (Å²) in [5.74, 6) is -2.55. The lowest BCUT2D eigenvalue weighted by Gasteiger charge is -2.32. The zero-order chi connectivity index (χ0) is 38.1. The molecule has 3 saturated heterocycles. The van der Waals surface area contributed by atoms with Gasteiger partial charge in [0, 0.05) is 60.4 Å². The molecule has 6 heterocycles. The zero-order valence-electron chi connectivity index (χ0n) is 28.7. The molecule has 54 heavy (non-hydrogen) atoms. The van der Waals surface area contributed by atoms with E-state index >= 15 is 22.0 Å². The van der Waals surface area contributed by atoms with E-state index in [1.165, 1.54) is 0 Å². The molecule has 3 aliphatic heterocycles. The second-order valence-corrected chi connectivity index (χ2v) is 15.5. The Morgan fingerprint density at radius 2 is 2.02 bits per heavy atom. The van der Waals surface area contributed by atoms with Gasteiger partial charge >= 0.3 is 12.2 Å². The summed E-state index contributed by atoms with van der Waals surface area (Å²) in [4.78, 5) is 27.5.